The molecule has 2 N–H and O–H groups in total. The number of nitrogens with zero attached hydrogens (tertiary/aromatic N) is 4. The number of benzene rings is 2. The molecule has 2 aromatic heterocycles. The highest BCUT2D eigenvalue weighted by atomic mass is 32.2. The molecule has 4 aromatic rings. The number of aryl methyl sites for hydroxylation is 2. The lowest BCUT2D eigenvalue weighted by molar-refractivity contribution is 0.390. The predicted molar refractivity (Wildman–Crippen MR) is 138 cm³/mol. The Hall–Kier alpha value is -4.45. The number of nitrogens with one attached hydrogen (secondary N) is 1. The van der Waals surface area contributed by atoms with E-state index in [0.717, 1.165) is 10.1 Å². The zero-order chi connectivity index (χ0) is 26.6. The van der Waals surface area contributed by atoms with E-state index in [-0.39, 0.29) is 29.4 Å². The quantitative estimate of drug-likeness (QED) is 0.338. The molecule has 0 aliphatic heterocycles. The summed E-state index contributed by atoms with van der Waals surface area (Å²) in [6.07, 6.45) is 3.17. The zero-order valence-electron chi connectivity index (χ0n) is 20.4. The summed E-state index contributed by atoms with van der Waals surface area (Å²) in [5.74, 6) is -0.263. The monoisotopic (exact) mass is 523 g/mol. The maximum absolute atomic E-state index is 13.8. The van der Waals surface area contributed by atoms with E-state index in [0.29, 0.717) is 11.4 Å². The molecule has 0 spiro atoms. The zero-order valence-corrected chi connectivity index (χ0v) is 21.2. The van der Waals surface area contributed by atoms with Gasteiger partial charge in [-0.05, 0) is 24.6 Å². The third-order valence-corrected chi connectivity index (χ3v) is 6.66. The second kappa shape index (κ2) is 10.7. The van der Waals surface area contributed by atoms with E-state index in [1.807, 2.05) is 6.92 Å². The van der Waals surface area contributed by atoms with Crippen LogP contribution in [-0.2, 0) is 16.4 Å². The molecule has 37 heavy (non-hydrogen) atoms. The van der Waals surface area contributed by atoms with Crippen LogP contribution in [-0.4, -0.2) is 53.0 Å². The molecule has 4 rings (SSSR count). The Labute approximate surface area is 213 Å². The Morgan fingerprint density at radius 1 is 0.973 bits per heavy atom. The van der Waals surface area contributed by atoms with Crippen molar-refractivity contribution in [3.05, 3.63) is 82.7 Å². The molecule has 2 aromatic carbocycles. The summed E-state index contributed by atoms with van der Waals surface area (Å²) in [5.41, 5.74) is 0.0412. The molecule has 0 aliphatic rings. The summed E-state index contributed by atoms with van der Waals surface area (Å²) < 4.78 is 40.1. The number of para-hydroxylation sites is 1. The van der Waals surface area contributed by atoms with E-state index >= 15 is 0 Å². The van der Waals surface area contributed by atoms with Gasteiger partial charge in [0.2, 0.25) is 15.9 Å². The topological polar surface area (TPSA) is 146 Å². The molecule has 192 valence electrons. The van der Waals surface area contributed by atoms with Crippen molar-refractivity contribution in [2.45, 2.75) is 13.3 Å². The van der Waals surface area contributed by atoms with Gasteiger partial charge in [-0.2, -0.15) is 4.98 Å². The molecule has 0 atom stereocenters. The summed E-state index contributed by atoms with van der Waals surface area (Å²) >= 11 is 0. The molecular formula is C25H25N5O6S. The Morgan fingerprint density at radius 2 is 1.59 bits per heavy atom. The van der Waals surface area contributed by atoms with Crippen molar-refractivity contribution < 1.29 is 23.0 Å². The summed E-state index contributed by atoms with van der Waals surface area (Å²) in [6, 6.07) is 13.6. The molecule has 0 radical (unpaired) electrons. The summed E-state index contributed by atoms with van der Waals surface area (Å²) in [6.45, 7) is 1.82. The number of aromatic hydroxyl groups is 1. The average Bonchev–Trinajstić information content (AvgIpc) is 2.90. The second-order valence-electron chi connectivity index (χ2n) is 8.00. The van der Waals surface area contributed by atoms with Crippen molar-refractivity contribution in [3.8, 4) is 34.5 Å². The lowest BCUT2D eigenvalue weighted by Crippen LogP contribution is -2.29. The van der Waals surface area contributed by atoms with Crippen molar-refractivity contribution in [1.29, 1.82) is 0 Å². The molecule has 0 bridgehead atoms. The average molecular weight is 524 g/mol. The van der Waals surface area contributed by atoms with Crippen LogP contribution < -0.4 is 19.8 Å². The number of hydrogen-bond acceptors (Lipinski definition) is 9. The van der Waals surface area contributed by atoms with Gasteiger partial charge in [-0.15, -0.1) is 0 Å². The first-order chi connectivity index (χ1) is 17.7. The van der Waals surface area contributed by atoms with Crippen LogP contribution in [0.4, 0.5) is 5.69 Å². The summed E-state index contributed by atoms with van der Waals surface area (Å²) in [7, 11) is -1.25. The van der Waals surface area contributed by atoms with Crippen molar-refractivity contribution in [3.63, 3.8) is 0 Å². The van der Waals surface area contributed by atoms with Gasteiger partial charge in [-0.25, -0.2) is 18.4 Å². The van der Waals surface area contributed by atoms with Crippen molar-refractivity contribution in [2.24, 2.45) is 0 Å². The third kappa shape index (κ3) is 5.54. The Kier molecular flexibility index (Phi) is 7.39. The number of anilines is 1. The van der Waals surface area contributed by atoms with Crippen LogP contribution >= 0.6 is 0 Å². The third-order valence-electron chi connectivity index (χ3n) is 5.41. The number of methoxy groups -OCH3 is 2. The van der Waals surface area contributed by atoms with Gasteiger partial charge >= 0.3 is 0 Å². The molecule has 0 unspecified atom stereocenters. The van der Waals surface area contributed by atoms with E-state index in [2.05, 4.69) is 19.7 Å². The van der Waals surface area contributed by atoms with Crippen molar-refractivity contribution >= 4 is 15.7 Å². The number of ether oxygens (including phenoxy) is 2. The number of aromatic nitrogens is 4. The van der Waals surface area contributed by atoms with Crippen molar-refractivity contribution in [2.75, 3.05) is 24.7 Å². The normalized spacial score (nSPS) is 11.2. The predicted octanol–water partition coefficient (Wildman–Crippen LogP) is 2.71. The highest BCUT2D eigenvalue weighted by Crippen LogP contribution is 2.35. The maximum atomic E-state index is 13.8. The van der Waals surface area contributed by atoms with Crippen molar-refractivity contribution in [1.82, 2.24) is 19.5 Å². The molecule has 12 heteroatoms. The number of rotatable bonds is 9. The fraction of sp³-hybridized carbons (Fsp3) is 0.200. The molecule has 0 saturated heterocycles. The van der Waals surface area contributed by atoms with Gasteiger partial charge in [0.15, 0.2) is 11.5 Å². The number of hydrogen-bond donors (Lipinski definition) is 2. The Balaban J connectivity index is 1.84. The SMILES string of the molecule is COc1cccc(OC)c1-n1c(-c2ccccc2)nc(O)c(NS(=O)(=O)CCc2ncc(C)cn2)c1=O. The molecule has 0 aliphatic carbocycles. The van der Waals surface area contributed by atoms with E-state index in [9.17, 15) is 18.3 Å². The molecule has 2 heterocycles. The van der Waals surface area contributed by atoms with Gasteiger partial charge in [0.1, 0.15) is 23.0 Å². The van der Waals surface area contributed by atoms with Gasteiger partial charge < -0.3 is 14.6 Å². The van der Waals surface area contributed by atoms with Crippen LogP contribution in [0.2, 0.25) is 0 Å². The van der Waals surface area contributed by atoms with Crippen LogP contribution in [0, 0.1) is 6.92 Å². The van der Waals surface area contributed by atoms with Crippen LogP contribution in [0.3, 0.4) is 0 Å². The van der Waals surface area contributed by atoms with Crippen LogP contribution in [0.1, 0.15) is 11.4 Å². The van der Waals surface area contributed by atoms with Crippen LogP contribution in [0.15, 0.2) is 65.7 Å². The smallest absolute Gasteiger partial charge is 0.287 e. The second-order valence-corrected chi connectivity index (χ2v) is 9.84. The first-order valence-corrected chi connectivity index (χ1v) is 12.8. The minimum absolute atomic E-state index is 0.000421. The summed E-state index contributed by atoms with van der Waals surface area (Å²) in [4.78, 5) is 26.2. The number of sulfonamides is 1. The highest BCUT2D eigenvalue weighted by Gasteiger charge is 2.26. The maximum Gasteiger partial charge on any atom is 0.287 e. The molecule has 0 saturated carbocycles. The van der Waals surface area contributed by atoms with Gasteiger partial charge in [0, 0.05) is 24.4 Å². The largest absolute Gasteiger partial charge is 0.494 e. The van der Waals surface area contributed by atoms with Crippen LogP contribution in [0.25, 0.3) is 17.1 Å². The fourth-order valence-corrected chi connectivity index (χ4v) is 4.66. The minimum atomic E-state index is -4.10. The first-order valence-electron chi connectivity index (χ1n) is 11.1. The summed E-state index contributed by atoms with van der Waals surface area (Å²) in [5, 5.41) is 10.7. The molecule has 11 nitrogen and oxygen atoms in total. The first kappa shape index (κ1) is 25.6. The van der Waals surface area contributed by atoms with E-state index in [1.54, 1.807) is 60.9 Å². The molecule has 0 fully saturated rings. The molecular weight excluding hydrogens is 498 g/mol. The van der Waals surface area contributed by atoms with E-state index in [1.165, 1.54) is 14.2 Å². The van der Waals surface area contributed by atoms with Gasteiger partial charge in [0.05, 0.1) is 20.0 Å². The van der Waals surface area contributed by atoms with Gasteiger partial charge in [-0.3, -0.25) is 14.1 Å². The lowest BCUT2D eigenvalue weighted by Gasteiger charge is -2.19. The van der Waals surface area contributed by atoms with Gasteiger partial charge in [-0.1, -0.05) is 36.4 Å². The van der Waals surface area contributed by atoms with Gasteiger partial charge in [0.25, 0.3) is 5.56 Å². The minimum Gasteiger partial charge on any atom is -0.494 e. The Bertz CT molecular complexity index is 1550. The van der Waals surface area contributed by atoms with E-state index in [4.69, 9.17) is 9.47 Å². The Morgan fingerprint density at radius 3 is 2.19 bits per heavy atom. The highest BCUT2D eigenvalue weighted by molar-refractivity contribution is 7.92. The van der Waals surface area contributed by atoms with E-state index < -0.39 is 32.9 Å². The molecule has 0 amide bonds. The lowest BCUT2D eigenvalue weighted by atomic mass is 10.2. The fourth-order valence-electron chi connectivity index (χ4n) is 3.62. The standard InChI is InChI=1S/C25H25N5O6S/c1-16-14-26-20(27-15-16)12-13-37(33,34)29-21-24(31)28-23(17-8-5-4-6-9-17)30(25(21)32)22-18(35-2)10-7-11-19(22)36-3/h4-11,14-15,29,31H,12-13H2,1-3H3. The van der Waals surface area contributed by atoms with Crippen LogP contribution in [0.5, 0.6) is 17.4 Å².